The largest absolute Gasteiger partial charge is 0.496 e. The number of hydrogen-bond donors (Lipinski definition) is 0. The third-order valence-electron chi connectivity index (χ3n) is 6.99. The van der Waals surface area contributed by atoms with Crippen LogP contribution in [0.15, 0.2) is 52.0 Å². The molecule has 2 aromatic rings. The van der Waals surface area contributed by atoms with Gasteiger partial charge in [0.1, 0.15) is 17.3 Å². The molecule has 1 aliphatic heterocycles. The van der Waals surface area contributed by atoms with Gasteiger partial charge in [-0.3, -0.25) is 9.59 Å². The Hall–Kier alpha value is -2.86. The fraction of sp³-hybridized carbons (Fsp3) is 0.348. The summed E-state index contributed by atoms with van der Waals surface area (Å²) in [6.45, 7) is 0. The van der Waals surface area contributed by atoms with Gasteiger partial charge in [0.05, 0.1) is 30.7 Å². The molecule has 1 aromatic carbocycles. The lowest BCUT2D eigenvalue weighted by atomic mass is 9.63. The standard InChI is InChI=1S/C23H19ClN2O4/c1-29-18-6-2-11(24)8-17(18)19-7-3-12(30-19)10-25-26-22(27)20-13-4-5-14(16-9-15(13)16)21(20)23(26)28/h2-8,10,13-16,20-21H,9H2,1H3. The molecule has 7 rings (SSSR count). The van der Waals surface area contributed by atoms with Gasteiger partial charge in [-0.25, -0.2) is 0 Å². The van der Waals surface area contributed by atoms with E-state index in [2.05, 4.69) is 17.3 Å². The maximum Gasteiger partial charge on any atom is 0.254 e. The molecule has 0 radical (unpaired) electrons. The molecule has 6 nitrogen and oxygen atoms in total. The number of amides is 2. The Kier molecular flexibility index (Phi) is 3.78. The predicted molar refractivity (Wildman–Crippen MR) is 110 cm³/mol. The van der Waals surface area contributed by atoms with Crippen LogP contribution in [0.1, 0.15) is 12.2 Å². The van der Waals surface area contributed by atoms with Crippen molar-refractivity contribution >= 4 is 29.6 Å². The average Bonchev–Trinajstić information content (AvgIpc) is 3.39. The van der Waals surface area contributed by atoms with E-state index in [0.717, 1.165) is 11.4 Å². The van der Waals surface area contributed by atoms with E-state index in [4.69, 9.17) is 20.8 Å². The molecule has 6 unspecified atom stereocenters. The Bertz CT molecular complexity index is 1100. The quantitative estimate of drug-likeness (QED) is 0.424. The molecule has 2 amide bonds. The van der Waals surface area contributed by atoms with E-state index in [1.54, 1.807) is 37.4 Å². The normalized spacial score (nSPS) is 33.3. The molecule has 30 heavy (non-hydrogen) atoms. The van der Waals surface area contributed by atoms with E-state index < -0.39 is 0 Å². The van der Waals surface area contributed by atoms with E-state index in [1.807, 2.05) is 0 Å². The zero-order valence-corrected chi connectivity index (χ0v) is 17.0. The smallest absolute Gasteiger partial charge is 0.254 e. The molecule has 2 bridgehead atoms. The minimum atomic E-state index is -0.253. The molecular weight excluding hydrogens is 404 g/mol. The molecule has 5 aliphatic rings. The number of halogens is 1. The number of carbonyl (C=O) groups is 2. The molecule has 1 aromatic heterocycles. The van der Waals surface area contributed by atoms with Crippen molar-refractivity contribution in [3.63, 3.8) is 0 Å². The molecule has 7 heteroatoms. The van der Waals surface area contributed by atoms with Gasteiger partial charge in [-0.15, -0.1) is 0 Å². The number of rotatable bonds is 4. The van der Waals surface area contributed by atoms with Gasteiger partial charge in [0.25, 0.3) is 11.8 Å². The Morgan fingerprint density at radius 3 is 2.47 bits per heavy atom. The zero-order valence-electron chi connectivity index (χ0n) is 16.2. The molecule has 152 valence electrons. The number of hydrogen-bond acceptors (Lipinski definition) is 5. The lowest BCUT2D eigenvalue weighted by Crippen LogP contribution is -2.40. The summed E-state index contributed by atoms with van der Waals surface area (Å²) in [4.78, 5) is 25.9. The summed E-state index contributed by atoms with van der Waals surface area (Å²) in [6.07, 6.45) is 6.86. The first kappa shape index (κ1) is 18.0. The van der Waals surface area contributed by atoms with E-state index in [-0.39, 0.29) is 35.5 Å². The molecule has 0 N–H and O–H groups in total. The first-order chi connectivity index (χ1) is 14.6. The molecule has 0 spiro atoms. The van der Waals surface area contributed by atoms with Crippen molar-refractivity contribution in [3.8, 4) is 17.1 Å². The molecule has 2 heterocycles. The fourth-order valence-corrected chi connectivity index (χ4v) is 5.78. The van der Waals surface area contributed by atoms with Gasteiger partial charge >= 0.3 is 0 Å². The van der Waals surface area contributed by atoms with Crippen molar-refractivity contribution in [2.24, 2.45) is 40.6 Å². The predicted octanol–water partition coefficient (Wildman–Crippen LogP) is 4.00. The van der Waals surface area contributed by atoms with Gasteiger partial charge in [-0.2, -0.15) is 10.1 Å². The molecule has 6 atom stereocenters. The van der Waals surface area contributed by atoms with Crippen molar-refractivity contribution < 1.29 is 18.7 Å². The SMILES string of the molecule is COc1ccc(Cl)cc1-c1ccc(C=NN2C(=O)C3C4C=CC(C5CC45)C3C2=O)o1. The van der Waals surface area contributed by atoms with Crippen molar-refractivity contribution in [2.75, 3.05) is 7.11 Å². The molecular formula is C23H19ClN2O4. The highest BCUT2D eigenvalue weighted by Gasteiger charge is 2.67. The van der Waals surface area contributed by atoms with Crippen LogP contribution in [0.2, 0.25) is 5.02 Å². The summed E-state index contributed by atoms with van der Waals surface area (Å²) < 4.78 is 11.2. The van der Waals surface area contributed by atoms with Crippen molar-refractivity contribution in [1.82, 2.24) is 5.01 Å². The van der Waals surface area contributed by atoms with Gasteiger partial charge < -0.3 is 9.15 Å². The van der Waals surface area contributed by atoms with Crippen molar-refractivity contribution in [3.05, 3.63) is 53.3 Å². The number of furan rings is 1. The second-order valence-electron chi connectivity index (χ2n) is 8.43. The number of allylic oxidation sites excluding steroid dienone is 2. The summed E-state index contributed by atoms with van der Waals surface area (Å²) in [7, 11) is 1.58. The number of carbonyl (C=O) groups excluding carboxylic acids is 2. The summed E-state index contributed by atoms with van der Waals surface area (Å²) in [5.41, 5.74) is 0.714. The van der Waals surface area contributed by atoms with Gasteiger partial charge in [0, 0.05) is 5.02 Å². The highest BCUT2D eigenvalue weighted by Crippen LogP contribution is 2.65. The third-order valence-corrected chi connectivity index (χ3v) is 7.23. The summed E-state index contributed by atoms with van der Waals surface area (Å²) in [6, 6.07) is 8.78. The van der Waals surface area contributed by atoms with E-state index in [0.29, 0.717) is 39.7 Å². The third kappa shape index (κ3) is 2.46. The molecule has 4 aliphatic carbocycles. The lowest BCUT2D eigenvalue weighted by Gasteiger charge is -2.37. The second kappa shape index (κ2) is 6.32. The monoisotopic (exact) mass is 422 g/mol. The van der Waals surface area contributed by atoms with Crippen molar-refractivity contribution in [1.29, 1.82) is 0 Å². The van der Waals surface area contributed by atoms with Crippen LogP contribution in [-0.2, 0) is 9.59 Å². The summed E-state index contributed by atoms with van der Waals surface area (Å²) in [5, 5.41) is 5.83. The average molecular weight is 423 g/mol. The van der Waals surface area contributed by atoms with E-state index in [9.17, 15) is 9.59 Å². The maximum absolute atomic E-state index is 13.0. The summed E-state index contributed by atoms with van der Waals surface area (Å²) in [5.74, 6) is 2.27. The Balaban J connectivity index is 1.26. The van der Waals surface area contributed by atoms with Gasteiger partial charge in [0.2, 0.25) is 0 Å². The molecule has 1 saturated heterocycles. The number of imide groups is 1. The Morgan fingerprint density at radius 2 is 1.80 bits per heavy atom. The van der Waals surface area contributed by atoms with E-state index in [1.165, 1.54) is 6.21 Å². The van der Waals surface area contributed by atoms with Crippen LogP contribution in [0.5, 0.6) is 5.75 Å². The van der Waals surface area contributed by atoms with Gasteiger partial charge in [-0.1, -0.05) is 23.8 Å². The number of nitrogens with zero attached hydrogens (tertiary/aromatic N) is 2. The highest BCUT2D eigenvalue weighted by atomic mass is 35.5. The van der Waals surface area contributed by atoms with Crippen LogP contribution in [-0.4, -0.2) is 30.1 Å². The number of benzene rings is 1. The van der Waals surface area contributed by atoms with E-state index >= 15 is 0 Å². The lowest BCUT2D eigenvalue weighted by molar-refractivity contribution is -0.140. The second-order valence-corrected chi connectivity index (χ2v) is 8.87. The van der Waals surface area contributed by atoms with Crippen LogP contribution < -0.4 is 4.74 Å². The first-order valence-electron chi connectivity index (χ1n) is 10.1. The maximum atomic E-state index is 13.0. The summed E-state index contributed by atoms with van der Waals surface area (Å²) >= 11 is 6.10. The minimum Gasteiger partial charge on any atom is -0.496 e. The van der Waals surface area contributed by atoms with Crippen LogP contribution in [0.25, 0.3) is 11.3 Å². The molecule has 2 saturated carbocycles. The van der Waals surface area contributed by atoms with Crippen LogP contribution in [0.4, 0.5) is 0 Å². The first-order valence-corrected chi connectivity index (χ1v) is 10.5. The number of hydrazone groups is 1. The van der Waals surface area contributed by atoms with Crippen molar-refractivity contribution in [2.45, 2.75) is 6.42 Å². The van der Waals surface area contributed by atoms with Gasteiger partial charge in [0.15, 0.2) is 0 Å². The Labute approximate surface area is 178 Å². The Morgan fingerprint density at radius 1 is 1.10 bits per heavy atom. The van der Waals surface area contributed by atoms with Crippen LogP contribution >= 0.6 is 11.6 Å². The fourth-order valence-electron chi connectivity index (χ4n) is 5.61. The minimum absolute atomic E-state index is 0.186. The highest BCUT2D eigenvalue weighted by molar-refractivity contribution is 6.31. The number of methoxy groups -OCH3 is 1. The van der Waals surface area contributed by atoms with Gasteiger partial charge in [-0.05, 0) is 60.4 Å². The van der Waals surface area contributed by atoms with Crippen LogP contribution in [0.3, 0.4) is 0 Å². The topological polar surface area (TPSA) is 72.1 Å². The zero-order chi connectivity index (χ0) is 20.6. The molecule has 3 fully saturated rings. The number of ether oxygens (including phenoxy) is 1. The van der Waals surface area contributed by atoms with Crippen LogP contribution in [0, 0.1) is 35.5 Å².